The lowest BCUT2D eigenvalue weighted by atomic mass is 10.2. The SMILES string of the molecule is CC.CN[C@H](C)COC(=O)C(C)C. The van der Waals surface area contributed by atoms with Crippen LogP contribution in [-0.4, -0.2) is 25.7 Å². The molecule has 3 nitrogen and oxygen atoms in total. The average molecular weight is 189 g/mol. The van der Waals surface area contributed by atoms with Crippen LogP contribution < -0.4 is 5.32 Å². The highest BCUT2D eigenvalue weighted by Gasteiger charge is 2.09. The minimum atomic E-state index is -0.132. The van der Waals surface area contributed by atoms with Crippen LogP contribution in [0.2, 0.25) is 0 Å². The number of hydrogen-bond donors (Lipinski definition) is 1. The van der Waals surface area contributed by atoms with E-state index in [9.17, 15) is 4.79 Å². The summed E-state index contributed by atoms with van der Waals surface area (Å²) >= 11 is 0. The molecular weight excluding hydrogens is 166 g/mol. The highest BCUT2D eigenvalue weighted by atomic mass is 16.5. The van der Waals surface area contributed by atoms with Crippen molar-refractivity contribution in [2.24, 2.45) is 5.92 Å². The maximum absolute atomic E-state index is 10.9. The molecule has 80 valence electrons. The molecule has 0 bridgehead atoms. The Morgan fingerprint density at radius 3 is 2.08 bits per heavy atom. The summed E-state index contributed by atoms with van der Waals surface area (Å²) in [6, 6.07) is 0.234. The first-order chi connectivity index (χ1) is 6.07. The van der Waals surface area contributed by atoms with Gasteiger partial charge in [0.1, 0.15) is 6.61 Å². The molecule has 3 heteroatoms. The van der Waals surface area contributed by atoms with E-state index in [1.807, 2.05) is 41.7 Å². The van der Waals surface area contributed by atoms with Crippen LogP contribution in [0.3, 0.4) is 0 Å². The monoisotopic (exact) mass is 189 g/mol. The highest BCUT2D eigenvalue weighted by molar-refractivity contribution is 5.71. The van der Waals surface area contributed by atoms with Crippen LogP contribution in [0.4, 0.5) is 0 Å². The van der Waals surface area contributed by atoms with Crippen molar-refractivity contribution in [2.75, 3.05) is 13.7 Å². The van der Waals surface area contributed by atoms with Crippen molar-refractivity contribution >= 4 is 5.97 Å². The van der Waals surface area contributed by atoms with E-state index in [0.717, 1.165) is 0 Å². The number of rotatable bonds is 4. The smallest absolute Gasteiger partial charge is 0.308 e. The van der Waals surface area contributed by atoms with Crippen LogP contribution in [0.25, 0.3) is 0 Å². The number of esters is 1. The van der Waals surface area contributed by atoms with Gasteiger partial charge in [-0.1, -0.05) is 27.7 Å². The standard InChI is InChI=1S/C8H17NO2.C2H6/c1-6(2)8(10)11-5-7(3)9-4;1-2/h6-7,9H,5H2,1-4H3;1-2H3/t7-;/m1./s1. The lowest BCUT2D eigenvalue weighted by molar-refractivity contribution is -0.147. The fraction of sp³-hybridized carbons (Fsp3) is 0.900. The molecule has 0 saturated carbocycles. The van der Waals surface area contributed by atoms with E-state index in [1.165, 1.54) is 0 Å². The number of ether oxygens (including phenoxy) is 1. The molecule has 0 saturated heterocycles. The van der Waals surface area contributed by atoms with Gasteiger partial charge in [-0.15, -0.1) is 0 Å². The van der Waals surface area contributed by atoms with E-state index < -0.39 is 0 Å². The zero-order chi connectivity index (χ0) is 10.9. The van der Waals surface area contributed by atoms with Crippen LogP contribution in [0.5, 0.6) is 0 Å². The fourth-order valence-electron chi connectivity index (χ4n) is 0.457. The van der Waals surface area contributed by atoms with Gasteiger partial charge in [0.2, 0.25) is 0 Å². The van der Waals surface area contributed by atoms with E-state index in [2.05, 4.69) is 5.32 Å². The summed E-state index contributed by atoms with van der Waals surface area (Å²) < 4.78 is 4.95. The van der Waals surface area contributed by atoms with Crippen molar-refractivity contribution in [3.05, 3.63) is 0 Å². The molecule has 0 fully saturated rings. The van der Waals surface area contributed by atoms with Crippen LogP contribution >= 0.6 is 0 Å². The fourth-order valence-corrected chi connectivity index (χ4v) is 0.457. The molecule has 0 aromatic carbocycles. The van der Waals surface area contributed by atoms with Gasteiger partial charge in [-0.2, -0.15) is 0 Å². The van der Waals surface area contributed by atoms with Gasteiger partial charge in [-0.05, 0) is 14.0 Å². The Morgan fingerprint density at radius 2 is 1.77 bits per heavy atom. The topological polar surface area (TPSA) is 38.3 Å². The third-order valence-electron chi connectivity index (χ3n) is 1.44. The summed E-state index contributed by atoms with van der Waals surface area (Å²) in [6.45, 7) is 10.1. The first-order valence-electron chi connectivity index (χ1n) is 4.91. The van der Waals surface area contributed by atoms with Crippen molar-refractivity contribution in [2.45, 2.75) is 40.7 Å². The highest BCUT2D eigenvalue weighted by Crippen LogP contribution is 1.96. The maximum Gasteiger partial charge on any atom is 0.308 e. The number of likely N-dealkylation sites (N-methyl/N-ethyl adjacent to an activating group) is 1. The average Bonchev–Trinajstić information content (AvgIpc) is 2.16. The summed E-state index contributed by atoms with van der Waals surface area (Å²) in [6.07, 6.45) is 0. The van der Waals surface area contributed by atoms with Crippen molar-refractivity contribution < 1.29 is 9.53 Å². The Bertz CT molecular complexity index is 124. The second-order valence-electron chi connectivity index (χ2n) is 2.97. The van der Waals surface area contributed by atoms with Crippen molar-refractivity contribution in [1.82, 2.24) is 5.32 Å². The Morgan fingerprint density at radius 1 is 1.31 bits per heavy atom. The molecule has 0 heterocycles. The van der Waals surface area contributed by atoms with Gasteiger partial charge >= 0.3 is 5.97 Å². The summed E-state index contributed by atoms with van der Waals surface area (Å²) in [7, 11) is 1.84. The maximum atomic E-state index is 10.9. The molecule has 0 aliphatic heterocycles. The molecule has 0 amide bonds. The van der Waals surface area contributed by atoms with E-state index in [0.29, 0.717) is 6.61 Å². The van der Waals surface area contributed by atoms with Crippen molar-refractivity contribution in [3.8, 4) is 0 Å². The zero-order valence-corrected chi connectivity index (χ0v) is 9.68. The molecular formula is C10H23NO2. The molecule has 1 atom stereocenters. The molecule has 0 aliphatic carbocycles. The van der Waals surface area contributed by atoms with E-state index in [-0.39, 0.29) is 17.9 Å². The summed E-state index contributed by atoms with van der Waals surface area (Å²) in [5.74, 6) is -0.161. The number of carbonyl (C=O) groups excluding carboxylic acids is 1. The van der Waals surface area contributed by atoms with Gasteiger partial charge in [0.05, 0.1) is 5.92 Å². The Hall–Kier alpha value is -0.570. The second kappa shape index (κ2) is 9.52. The number of carbonyl (C=O) groups is 1. The normalized spacial score (nSPS) is 11.6. The van der Waals surface area contributed by atoms with Crippen LogP contribution in [0.15, 0.2) is 0 Å². The van der Waals surface area contributed by atoms with Crippen LogP contribution in [0.1, 0.15) is 34.6 Å². The van der Waals surface area contributed by atoms with E-state index in [4.69, 9.17) is 4.74 Å². The third kappa shape index (κ3) is 9.34. The molecule has 0 unspecified atom stereocenters. The zero-order valence-electron chi connectivity index (χ0n) is 9.68. The molecule has 0 rings (SSSR count). The molecule has 13 heavy (non-hydrogen) atoms. The van der Waals surface area contributed by atoms with Gasteiger partial charge in [-0.25, -0.2) is 0 Å². The minimum Gasteiger partial charge on any atom is -0.464 e. The molecule has 0 aromatic heterocycles. The second-order valence-corrected chi connectivity index (χ2v) is 2.97. The summed E-state index contributed by atoms with van der Waals surface area (Å²) in [5, 5.41) is 2.98. The van der Waals surface area contributed by atoms with Crippen LogP contribution in [0, 0.1) is 5.92 Å². The Balaban J connectivity index is 0. The van der Waals surface area contributed by atoms with Gasteiger partial charge in [-0.3, -0.25) is 4.79 Å². The van der Waals surface area contributed by atoms with Gasteiger partial charge in [0.15, 0.2) is 0 Å². The predicted octanol–water partition coefficient (Wildman–Crippen LogP) is 1.82. The molecule has 0 radical (unpaired) electrons. The largest absolute Gasteiger partial charge is 0.464 e. The van der Waals surface area contributed by atoms with E-state index >= 15 is 0 Å². The first kappa shape index (κ1) is 14.9. The Labute approximate surface area is 81.9 Å². The molecule has 0 aromatic rings. The summed E-state index contributed by atoms with van der Waals surface area (Å²) in [5.41, 5.74) is 0. The van der Waals surface area contributed by atoms with Gasteiger partial charge in [0.25, 0.3) is 0 Å². The molecule has 0 aliphatic rings. The van der Waals surface area contributed by atoms with Gasteiger partial charge < -0.3 is 10.1 Å². The van der Waals surface area contributed by atoms with Gasteiger partial charge in [0, 0.05) is 6.04 Å². The number of nitrogens with one attached hydrogen (secondary N) is 1. The van der Waals surface area contributed by atoms with Crippen molar-refractivity contribution in [1.29, 1.82) is 0 Å². The lowest BCUT2D eigenvalue weighted by Crippen LogP contribution is -2.29. The van der Waals surface area contributed by atoms with Crippen LogP contribution in [-0.2, 0) is 9.53 Å². The van der Waals surface area contributed by atoms with Crippen molar-refractivity contribution in [3.63, 3.8) is 0 Å². The Kier molecular flexibility index (Phi) is 10.9. The first-order valence-corrected chi connectivity index (χ1v) is 4.91. The predicted molar refractivity (Wildman–Crippen MR) is 55.7 cm³/mol. The molecule has 1 N–H and O–H groups in total. The number of hydrogen-bond acceptors (Lipinski definition) is 3. The summed E-state index contributed by atoms with van der Waals surface area (Å²) in [4.78, 5) is 10.9. The minimum absolute atomic E-state index is 0.0287. The molecule has 0 spiro atoms. The van der Waals surface area contributed by atoms with E-state index in [1.54, 1.807) is 0 Å². The lowest BCUT2D eigenvalue weighted by Gasteiger charge is -2.11. The third-order valence-corrected chi connectivity index (χ3v) is 1.44. The quantitative estimate of drug-likeness (QED) is 0.686.